The van der Waals surface area contributed by atoms with Crippen LogP contribution in [0.5, 0.6) is 0 Å². The minimum atomic E-state index is -1.37. The van der Waals surface area contributed by atoms with Crippen molar-refractivity contribution >= 4 is 51.8 Å². The van der Waals surface area contributed by atoms with Gasteiger partial charge in [-0.15, -0.1) is 22.7 Å². The van der Waals surface area contributed by atoms with Gasteiger partial charge in [-0.3, -0.25) is 0 Å². The van der Waals surface area contributed by atoms with E-state index in [1.807, 2.05) is 29.5 Å². The molecule has 0 amide bonds. The molecule has 0 fully saturated rings. The van der Waals surface area contributed by atoms with Crippen molar-refractivity contribution in [1.82, 2.24) is 0 Å². The van der Waals surface area contributed by atoms with Crippen LogP contribution < -0.4 is 4.90 Å². The first-order valence-electron chi connectivity index (χ1n) is 19.8. The van der Waals surface area contributed by atoms with Gasteiger partial charge in [0.15, 0.2) is 0 Å². The highest BCUT2D eigenvalue weighted by atomic mass is 32.1. The second-order valence-corrected chi connectivity index (χ2v) is 16.8. The third-order valence-corrected chi connectivity index (χ3v) is 13.5. The molecule has 284 valence electrons. The number of carboxylic acids is 1. The number of thiophene rings is 2. The highest BCUT2D eigenvalue weighted by molar-refractivity contribution is 7.25. The minimum Gasteiger partial charge on any atom is -0.477 e. The number of carbonyl (C=O) groups is 1. The monoisotopic (exact) mass is 778 g/mol. The molecule has 6 aromatic rings. The molecule has 2 heterocycles. The van der Waals surface area contributed by atoms with Gasteiger partial charge >= 0.3 is 5.97 Å². The van der Waals surface area contributed by atoms with Crippen molar-refractivity contribution in [3.05, 3.63) is 143 Å². The summed E-state index contributed by atoms with van der Waals surface area (Å²) < 4.78 is 15.5. The zero-order valence-corrected chi connectivity index (χ0v) is 33.7. The van der Waals surface area contributed by atoms with Crippen LogP contribution in [0.4, 0.5) is 21.5 Å². The van der Waals surface area contributed by atoms with Gasteiger partial charge in [-0.25, -0.2) is 9.18 Å². The van der Waals surface area contributed by atoms with Gasteiger partial charge in [0.2, 0.25) is 0 Å². The average Bonchev–Trinajstić information content (AvgIpc) is 3.92. The molecular weight excluding hydrogens is 732 g/mol. The number of fused-ring (bicyclic) bond motifs is 3. The molecular formula is C49H47FN2O2S2. The van der Waals surface area contributed by atoms with Gasteiger partial charge in [-0.05, 0) is 95.8 Å². The van der Waals surface area contributed by atoms with Crippen LogP contribution in [0.3, 0.4) is 0 Å². The largest absolute Gasteiger partial charge is 0.477 e. The van der Waals surface area contributed by atoms with Crippen molar-refractivity contribution in [2.24, 2.45) is 0 Å². The Hall–Kier alpha value is -5.29. The Morgan fingerprint density at radius 1 is 0.696 bits per heavy atom. The summed E-state index contributed by atoms with van der Waals surface area (Å²) in [4.78, 5) is 18.6. The molecule has 0 aliphatic heterocycles. The fraction of sp³-hybridized carbons (Fsp3) is 0.265. The summed E-state index contributed by atoms with van der Waals surface area (Å²) >= 11 is 3.60. The molecule has 0 spiro atoms. The Labute approximate surface area is 338 Å². The summed E-state index contributed by atoms with van der Waals surface area (Å²) in [7, 11) is 0. The van der Waals surface area contributed by atoms with Crippen molar-refractivity contribution in [2.45, 2.75) is 83.5 Å². The molecule has 0 radical (unpaired) electrons. The molecule has 1 aliphatic rings. The van der Waals surface area contributed by atoms with Crippen LogP contribution in [0.1, 0.15) is 94.7 Å². The topological polar surface area (TPSA) is 64.3 Å². The van der Waals surface area contributed by atoms with Crippen molar-refractivity contribution in [3.8, 4) is 36.7 Å². The summed E-state index contributed by atoms with van der Waals surface area (Å²) in [5.41, 5.74) is 7.57. The minimum absolute atomic E-state index is 0.0878. The van der Waals surface area contributed by atoms with E-state index in [0.29, 0.717) is 0 Å². The zero-order chi connectivity index (χ0) is 39.1. The maximum Gasteiger partial charge on any atom is 0.346 e. The van der Waals surface area contributed by atoms with Crippen LogP contribution in [-0.2, 0) is 10.2 Å². The van der Waals surface area contributed by atoms with Gasteiger partial charge in [0, 0.05) is 47.5 Å². The summed E-state index contributed by atoms with van der Waals surface area (Å²) in [5, 5.41) is 18.6. The van der Waals surface area contributed by atoms with E-state index in [1.165, 1.54) is 75.9 Å². The van der Waals surface area contributed by atoms with Crippen LogP contribution >= 0.6 is 22.7 Å². The van der Waals surface area contributed by atoms with Crippen molar-refractivity contribution < 1.29 is 14.3 Å². The van der Waals surface area contributed by atoms with E-state index in [2.05, 4.69) is 104 Å². The number of aliphatic carboxylic acids is 1. The summed E-state index contributed by atoms with van der Waals surface area (Å²) in [6.07, 6.45) is 12.8. The smallest absolute Gasteiger partial charge is 0.346 e. The lowest BCUT2D eigenvalue weighted by atomic mass is 9.71. The first kappa shape index (κ1) is 39.0. The highest BCUT2D eigenvalue weighted by Gasteiger charge is 2.45. The number of benzene rings is 4. The molecule has 0 saturated heterocycles. The fourth-order valence-corrected chi connectivity index (χ4v) is 10.8. The molecule has 0 saturated carbocycles. The Kier molecular flexibility index (Phi) is 12.3. The molecule has 4 aromatic carbocycles. The van der Waals surface area contributed by atoms with Gasteiger partial charge in [-0.1, -0.05) is 126 Å². The number of nitriles is 1. The van der Waals surface area contributed by atoms with E-state index in [0.717, 1.165) is 59.3 Å². The maximum absolute atomic E-state index is 15.5. The lowest BCUT2D eigenvalue weighted by Gasteiger charge is -2.31. The molecule has 0 atom stereocenters. The van der Waals surface area contributed by atoms with E-state index in [9.17, 15) is 15.2 Å². The number of halogens is 1. The predicted octanol–water partition coefficient (Wildman–Crippen LogP) is 15.0. The van der Waals surface area contributed by atoms with Crippen LogP contribution in [0.25, 0.3) is 36.7 Å². The summed E-state index contributed by atoms with van der Waals surface area (Å²) in [5.74, 6) is -1.92. The predicted molar refractivity (Wildman–Crippen MR) is 233 cm³/mol. The number of hydrogen-bond acceptors (Lipinski definition) is 5. The Morgan fingerprint density at radius 2 is 1.20 bits per heavy atom. The standard InChI is InChI=1S/C49H47FN2O2S2/c1-3-5-7-15-27-49(28-16-8-6-4-2)41-31-44(34-23-25-40(26-24-34)52(38-17-11-9-12-18-38)39-19-13-10-14-20-39)55-46(41)47-42(49)32-45(56-47)36-22-21-35(43(50)30-36)29-37(33-51)48(53)54/h9-14,17-26,29-32H,3-8,15-16,27-28H2,1-2H3,(H,53,54)/b37-29+. The lowest BCUT2D eigenvalue weighted by molar-refractivity contribution is -0.132. The van der Waals surface area contributed by atoms with Gasteiger partial charge in [0.05, 0.1) is 0 Å². The molecule has 1 N–H and O–H groups in total. The first-order chi connectivity index (χ1) is 27.4. The highest BCUT2D eigenvalue weighted by Crippen LogP contribution is 2.61. The maximum atomic E-state index is 15.5. The van der Waals surface area contributed by atoms with Crippen LogP contribution in [-0.4, -0.2) is 11.1 Å². The van der Waals surface area contributed by atoms with Gasteiger partial charge in [-0.2, -0.15) is 5.26 Å². The fourth-order valence-electron chi connectivity index (χ4n) is 8.10. The molecule has 56 heavy (non-hydrogen) atoms. The van der Waals surface area contributed by atoms with E-state index >= 15 is 4.39 Å². The van der Waals surface area contributed by atoms with E-state index < -0.39 is 17.4 Å². The number of hydrogen-bond donors (Lipinski definition) is 1. The van der Waals surface area contributed by atoms with E-state index in [-0.39, 0.29) is 11.0 Å². The Morgan fingerprint density at radius 3 is 1.68 bits per heavy atom. The molecule has 4 nitrogen and oxygen atoms in total. The number of anilines is 3. The van der Waals surface area contributed by atoms with Crippen LogP contribution in [0.15, 0.2) is 121 Å². The lowest BCUT2D eigenvalue weighted by Crippen LogP contribution is -2.25. The Bertz CT molecular complexity index is 2300. The van der Waals surface area contributed by atoms with Gasteiger partial charge in [0.1, 0.15) is 17.5 Å². The van der Waals surface area contributed by atoms with Crippen LogP contribution in [0, 0.1) is 17.1 Å². The SMILES string of the molecule is CCCCCCC1(CCCCCC)c2cc(-c3ccc(N(c4ccccc4)c4ccccc4)cc3)sc2-c2sc(-c3ccc(/C=C(\C#N)C(=O)O)c(F)c3)cc21. The van der Waals surface area contributed by atoms with Gasteiger partial charge in [0.25, 0.3) is 0 Å². The first-order valence-corrected chi connectivity index (χ1v) is 21.4. The number of para-hydroxylation sites is 2. The molecule has 1 aliphatic carbocycles. The van der Waals surface area contributed by atoms with Gasteiger partial charge < -0.3 is 10.0 Å². The molecule has 0 unspecified atom stereocenters. The number of unbranched alkanes of at least 4 members (excludes halogenated alkanes) is 6. The van der Waals surface area contributed by atoms with Crippen molar-refractivity contribution in [2.75, 3.05) is 4.90 Å². The molecule has 7 rings (SSSR count). The summed E-state index contributed by atoms with van der Waals surface area (Å²) in [6, 6.07) is 41.2. The van der Waals surface area contributed by atoms with Crippen molar-refractivity contribution in [1.29, 1.82) is 5.26 Å². The molecule has 7 heteroatoms. The second-order valence-electron chi connectivity index (χ2n) is 14.7. The second kappa shape index (κ2) is 17.7. The van der Waals surface area contributed by atoms with E-state index in [4.69, 9.17) is 0 Å². The molecule has 0 bridgehead atoms. The third-order valence-electron chi connectivity index (χ3n) is 11.0. The normalized spacial score (nSPS) is 12.9. The van der Waals surface area contributed by atoms with Crippen molar-refractivity contribution in [3.63, 3.8) is 0 Å². The average molecular weight is 779 g/mol. The summed E-state index contributed by atoms with van der Waals surface area (Å²) in [6.45, 7) is 4.52. The third kappa shape index (κ3) is 8.00. The number of carboxylic acid groups (broad SMARTS) is 1. The van der Waals surface area contributed by atoms with E-state index in [1.54, 1.807) is 23.5 Å². The zero-order valence-electron chi connectivity index (χ0n) is 32.1. The van der Waals surface area contributed by atoms with Crippen LogP contribution in [0.2, 0.25) is 0 Å². The Balaban J connectivity index is 1.29. The molecule has 2 aromatic heterocycles. The quantitative estimate of drug-likeness (QED) is 0.0569. The number of nitrogens with zero attached hydrogens (tertiary/aromatic N) is 2. The number of rotatable bonds is 17.